The maximum atomic E-state index is 7.31. The summed E-state index contributed by atoms with van der Waals surface area (Å²) in [7, 11) is 0. The monoisotopic (exact) mass is 235 g/mol. The van der Waals surface area contributed by atoms with E-state index >= 15 is 0 Å². The summed E-state index contributed by atoms with van der Waals surface area (Å²) in [6.07, 6.45) is 1.93. The van der Waals surface area contributed by atoms with Gasteiger partial charge in [0, 0.05) is 17.9 Å². The number of thioether (sulfide) groups is 1. The zero-order valence-corrected chi connectivity index (χ0v) is 9.74. The van der Waals surface area contributed by atoms with Gasteiger partial charge in [0.05, 0.1) is 5.84 Å². The summed E-state index contributed by atoms with van der Waals surface area (Å²) < 4.78 is 1.93. The highest BCUT2D eigenvalue weighted by atomic mass is 32.2. The largest absolute Gasteiger partial charge is 0.387 e. The summed E-state index contributed by atoms with van der Waals surface area (Å²) in [5.74, 6) is 1.01. The molecule has 6 heteroatoms. The van der Waals surface area contributed by atoms with Crippen molar-refractivity contribution in [3.8, 4) is 0 Å². The zero-order chi connectivity index (χ0) is 11.5. The molecule has 84 valence electrons. The van der Waals surface area contributed by atoms with Gasteiger partial charge in [0.1, 0.15) is 0 Å². The highest BCUT2D eigenvalue weighted by Crippen LogP contribution is 2.19. The third-order valence-electron chi connectivity index (χ3n) is 2.28. The first-order valence-electron chi connectivity index (χ1n) is 4.95. The second-order valence-electron chi connectivity index (χ2n) is 3.58. The third-order valence-corrected chi connectivity index (χ3v) is 3.48. The van der Waals surface area contributed by atoms with Crippen molar-refractivity contribution < 1.29 is 0 Å². The molecule has 2 heterocycles. The number of nitrogens with zero attached hydrogens (tertiary/aromatic N) is 3. The fourth-order valence-electron chi connectivity index (χ4n) is 1.21. The minimum atomic E-state index is 0.0565. The summed E-state index contributed by atoms with van der Waals surface area (Å²) in [6.45, 7) is 1.93. The quantitative estimate of drug-likeness (QED) is 0.477. The topological polar surface area (TPSA) is 80.1 Å². The van der Waals surface area contributed by atoms with Crippen LogP contribution in [0.25, 0.3) is 5.65 Å². The SMILES string of the molecule is CC(CSc1nnc2ccccn12)C(=N)N. The fourth-order valence-corrected chi connectivity index (χ4v) is 2.18. The van der Waals surface area contributed by atoms with E-state index in [1.807, 2.05) is 35.7 Å². The molecule has 5 nitrogen and oxygen atoms in total. The van der Waals surface area contributed by atoms with Gasteiger partial charge in [-0.05, 0) is 12.1 Å². The molecule has 0 amide bonds. The van der Waals surface area contributed by atoms with Crippen molar-refractivity contribution in [2.45, 2.75) is 12.1 Å². The Bertz CT molecular complexity index is 507. The molecular weight excluding hydrogens is 222 g/mol. The maximum absolute atomic E-state index is 7.31. The Morgan fingerprint density at radius 2 is 2.38 bits per heavy atom. The molecule has 16 heavy (non-hydrogen) atoms. The summed E-state index contributed by atoms with van der Waals surface area (Å²) in [5.41, 5.74) is 6.25. The minimum Gasteiger partial charge on any atom is -0.387 e. The van der Waals surface area contributed by atoms with Crippen LogP contribution in [0.3, 0.4) is 0 Å². The number of hydrogen-bond acceptors (Lipinski definition) is 4. The normalized spacial score (nSPS) is 12.8. The molecule has 1 unspecified atom stereocenters. The first-order chi connectivity index (χ1) is 7.68. The van der Waals surface area contributed by atoms with E-state index in [4.69, 9.17) is 11.1 Å². The van der Waals surface area contributed by atoms with Gasteiger partial charge >= 0.3 is 0 Å². The molecule has 2 rings (SSSR count). The number of amidine groups is 1. The number of fused-ring (bicyclic) bond motifs is 1. The standard InChI is InChI=1S/C10H13N5S/c1-7(9(11)12)6-16-10-14-13-8-4-2-3-5-15(8)10/h2-5,7H,6H2,1H3,(H3,11,12). The molecule has 0 saturated heterocycles. The van der Waals surface area contributed by atoms with Gasteiger partial charge in [0.15, 0.2) is 10.8 Å². The second-order valence-corrected chi connectivity index (χ2v) is 4.57. The molecule has 0 saturated carbocycles. The average Bonchev–Trinajstić information content (AvgIpc) is 2.69. The predicted molar refractivity (Wildman–Crippen MR) is 64.8 cm³/mol. The van der Waals surface area contributed by atoms with E-state index in [2.05, 4.69) is 10.2 Å². The van der Waals surface area contributed by atoms with Crippen molar-refractivity contribution in [3.63, 3.8) is 0 Å². The molecule has 3 N–H and O–H groups in total. The molecular formula is C10H13N5S. The molecule has 0 radical (unpaired) electrons. The Hall–Kier alpha value is -1.56. The lowest BCUT2D eigenvalue weighted by Gasteiger charge is -2.07. The molecule has 0 bridgehead atoms. The van der Waals surface area contributed by atoms with Crippen LogP contribution >= 0.6 is 11.8 Å². The highest BCUT2D eigenvalue weighted by Gasteiger charge is 2.09. The Kier molecular flexibility index (Phi) is 3.09. The smallest absolute Gasteiger partial charge is 0.195 e. The van der Waals surface area contributed by atoms with Crippen LogP contribution in [-0.2, 0) is 0 Å². The Labute approximate surface area is 97.6 Å². The van der Waals surface area contributed by atoms with E-state index in [-0.39, 0.29) is 11.8 Å². The van der Waals surface area contributed by atoms with Crippen LogP contribution < -0.4 is 5.73 Å². The van der Waals surface area contributed by atoms with E-state index in [0.29, 0.717) is 0 Å². The van der Waals surface area contributed by atoms with Gasteiger partial charge in [-0.3, -0.25) is 9.81 Å². The van der Waals surface area contributed by atoms with E-state index in [1.165, 1.54) is 0 Å². The fraction of sp³-hybridized carbons (Fsp3) is 0.300. The summed E-state index contributed by atoms with van der Waals surface area (Å²) in [5, 5.41) is 16.3. The van der Waals surface area contributed by atoms with Gasteiger partial charge in [-0.2, -0.15) is 0 Å². The molecule has 0 fully saturated rings. The number of hydrogen-bond donors (Lipinski definition) is 2. The predicted octanol–water partition coefficient (Wildman–Crippen LogP) is 1.39. The van der Waals surface area contributed by atoms with Gasteiger partial charge in [-0.15, -0.1) is 10.2 Å². The first kappa shape index (κ1) is 10.9. The molecule has 1 atom stereocenters. The number of nitrogens with two attached hydrogens (primary N) is 1. The van der Waals surface area contributed by atoms with Crippen LogP contribution in [-0.4, -0.2) is 26.2 Å². The summed E-state index contributed by atoms with van der Waals surface area (Å²) >= 11 is 1.56. The molecule has 0 aliphatic rings. The van der Waals surface area contributed by atoms with E-state index < -0.39 is 0 Å². The van der Waals surface area contributed by atoms with Crippen LogP contribution in [0.15, 0.2) is 29.6 Å². The molecule has 0 spiro atoms. The Balaban J connectivity index is 2.13. The lowest BCUT2D eigenvalue weighted by molar-refractivity contribution is 0.864. The minimum absolute atomic E-state index is 0.0565. The van der Waals surface area contributed by atoms with Crippen LogP contribution in [0.1, 0.15) is 6.92 Å². The van der Waals surface area contributed by atoms with Crippen molar-refractivity contribution in [2.75, 3.05) is 5.75 Å². The Morgan fingerprint density at radius 3 is 3.12 bits per heavy atom. The highest BCUT2D eigenvalue weighted by molar-refractivity contribution is 7.99. The number of aromatic nitrogens is 3. The summed E-state index contributed by atoms with van der Waals surface area (Å²) in [4.78, 5) is 0. The van der Waals surface area contributed by atoms with Crippen molar-refractivity contribution in [2.24, 2.45) is 11.7 Å². The zero-order valence-electron chi connectivity index (χ0n) is 8.92. The van der Waals surface area contributed by atoms with E-state index in [0.717, 1.165) is 16.6 Å². The van der Waals surface area contributed by atoms with Crippen molar-refractivity contribution in [1.82, 2.24) is 14.6 Å². The number of rotatable bonds is 4. The van der Waals surface area contributed by atoms with Crippen molar-refractivity contribution >= 4 is 23.2 Å². The lowest BCUT2D eigenvalue weighted by Crippen LogP contribution is -2.21. The second kappa shape index (κ2) is 4.52. The molecule has 2 aromatic rings. The van der Waals surface area contributed by atoms with Crippen molar-refractivity contribution in [3.05, 3.63) is 24.4 Å². The van der Waals surface area contributed by atoms with E-state index in [1.54, 1.807) is 11.8 Å². The van der Waals surface area contributed by atoms with Crippen LogP contribution in [0.2, 0.25) is 0 Å². The van der Waals surface area contributed by atoms with Crippen molar-refractivity contribution in [1.29, 1.82) is 5.41 Å². The molecule has 2 aromatic heterocycles. The molecule has 0 aliphatic heterocycles. The van der Waals surface area contributed by atoms with Crippen LogP contribution in [0.5, 0.6) is 0 Å². The van der Waals surface area contributed by atoms with Gasteiger partial charge < -0.3 is 5.73 Å². The number of nitrogens with one attached hydrogen (secondary N) is 1. The van der Waals surface area contributed by atoms with Crippen LogP contribution in [0.4, 0.5) is 0 Å². The maximum Gasteiger partial charge on any atom is 0.195 e. The Morgan fingerprint density at radius 1 is 1.56 bits per heavy atom. The van der Waals surface area contributed by atoms with Gasteiger partial charge in [0.2, 0.25) is 0 Å². The summed E-state index contributed by atoms with van der Waals surface area (Å²) in [6, 6.07) is 5.77. The molecule has 0 aliphatic carbocycles. The van der Waals surface area contributed by atoms with Crippen LogP contribution in [0, 0.1) is 11.3 Å². The number of pyridine rings is 1. The van der Waals surface area contributed by atoms with Gasteiger partial charge in [0.25, 0.3) is 0 Å². The van der Waals surface area contributed by atoms with Gasteiger partial charge in [-0.1, -0.05) is 24.8 Å². The van der Waals surface area contributed by atoms with E-state index in [9.17, 15) is 0 Å². The average molecular weight is 235 g/mol. The van der Waals surface area contributed by atoms with Gasteiger partial charge in [-0.25, -0.2) is 0 Å². The first-order valence-corrected chi connectivity index (χ1v) is 5.93. The third kappa shape index (κ3) is 2.16. The lowest BCUT2D eigenvalue weighted by atomic mass is 10.2. The molecule has 0 aromatic carbocycles.